The fourth-order valence-electron chi connectivity index (χ4n) is 3.93. The third kappa shape index (κ3) is 4.86. The maximum atomic E-state index is 13.0. The van der Waals surface area contributed by atoms with Gasteiger partial charge < -0.3 is 19.5 Å². The summed E-state index contributed by atoms with van der Waals surface area (Å²) in [5, 5.41) is 11.1. The van der Waals surface area contributed by atoms with E-state index >= 15 is 0 Å². The Morgan fingerprint density at radius 1 is 1.06 bits per heavy atom. The van der Waals surface area contributed by atoms with Gasteiger partial charge in [0.1, 0.15) is 11.5 Å². The summed E-state index contributed by atoms with van der Waals surface area (Å²) in [5.41, 5.74) is 2.52. The summed E-state index contributed by atoms with van der Waals surface area (Å²) < 4.78 is 10.6. The van der Waals surface area contributed by atoms with Gasteiger partial charge in [0, 0.05) is 25.8 Å². The highest BCUT2D eigenvalue weighted by Gasteiger charge is 2.45. The molecule has 6 nitrogen and oxygen atoms in total. The number of carbonyl (C=O) groups is 2. The van der Waals surface area contributed by atoms with Crippen molar-refractivity contribution >= 4 is 17.4 Å². The minimum absolute atomic E-state index is 0.105. The molecular weight excluding hydrogens is 406 g/mol. The number of ketones is 1. The molecule has 1 N–H and O–H groups in total. The van der Waals surface area contributed by atoms with Crippen molar-refractivity contribution in [3.63, 3.8) is 0 Å². The number of methoxy groups -OCH3 is 1. The van der Waals surface area contributed by atoms with Gasteiger partial charge in [-0.3, -0.25) is 9.59 Å². The number of rotatable bonds is 9. The highest BCUT2D eigenvalue weighted by Crippen LogP contribution is 2.40. The van der Waals surface area contributed by atoms with Crippen LogP contribution in [0, 0.1) is 0 Å². The van der Waals surface area contributed by atoms with Gasteiger partial charge in [0.25, 0.3) is 11.7 Å². The van der Waals surface area contributed by atoms with Crippen LogP contribution in [0.5, 0.6) is 5.75 Å². The van der Waals surface area contributed by atoms with Gasteiger partial charge in [0.2, 0.25) is 0 Å². The number of Topliss-reactive ketones (excluding diaryl/α,β-unsaturated/α-hetero) is 1. The Morgan fingerprint density at radius 2 is 1.72 bits per heavy atom. The topological polar surface area (TPSA) is 76.1 Å². The van der Waals surface area contributed by atoms with Crippen molar-refractivity contribution in [3.8, 4) is 5.75 Å². The molecule has 3 rings (SSSR count). The predicted molar refractivity (Wildman–Crippen MR) is 124 cm³/mol. The van der Waals surface area contributed by atoms with E-state index in [9.17, 15) is 14.7 Å². The third-order valence-electron chi connectivity index (χ3n) is 5.65. The number of ether oxygens (including phenoxy) is 2. The molecule has 1 atom stereocenters. The van der Waals surface area contributed by atoms with E-state index in [1.807, 2.05) is 31.2 Å². The van der Waals surface area contributed by atoms with Crippen LogP contribution in [0.2, 0.25) is 0 Å². The van der Waals surface area contributed by atoms with Crippen LogP contribution in [0.4, 0.5) is 0 Å². The van der Waals surface area contributed by atoms with Gasteiger partial charge in [-0.05, 0) is 54.7 Å². The molecule has 2 aromatic carbocycles. The van der Waals surface area contributed by atoms with E-state index in [1.165, 1.54) is 4.90 Å². The Kier molecular flexibility index (Phi) is 7.70. The molecule has 6 heteroatoms. The molecular formula is C26H31NO5. The molecule has 0 radical (unpaired) electrons. The molecule has 1 heterocycles. The molecule has 1 saturated heterocycles. The predicted octanol–water partition coefficient (Wildman–Crippen LogP) is 4.67. The van der Waals surface area contributed by atoms with Gasteiger partial charge in [-0.1, -0.05) is 38.1 Å². The van der Waals surface area contributed by atoms with Gasteiger partial charge in [0.15, 0.2) is 0 Å². The van der Waals surface area contributed by atoms with Crippen LogP contribution in [-0.4, -0.2) is 48.6 Å². The number of likely N-dealkylation sites (tertiary alicyclic amines) is 1. The molecule has 2 aromatic rings. The summed E-state index contributed by atoms with van der Waals surface area (Å²) >= 11 is 0. The first-order valence-electron chi connectivity index (χ1n) is 11.0. The molecule has 0 spiro atoms. The molecule has 1 fully saturated rings. The van der Waals surface area contributed by atoms with Crippen LogP contribution in [0.3, 0.4) is 0 Å². The second-order valence-electron chi connectivity index (χ2n) is 8.12. The zero-order valence-electron chi connectivity index (χ0n) is 19.1. The molecule has 0 aromatic heterocycles. The van der Waals surface area contributed by atoms with E-state index in [2.05, 4.69) is 13.8 Å². The van der Waals surface area contributed by atoms with Gasteiger partial charge in [-0.2, -0.15) is 0 Å². The van der Waals surface area contributed by atoms with E-state index in [4.69, 9.17) is 9.47 Å². The normalized spacial score (nSPS) is 17.9. The van der Waals surface area contributed by atoms with Crippen molar-refractivity contribution in [2.45, 2.75) is 39.2 Å². The van der Waals surface area contributed by atoms with E-state index in [1.54, 1.807) is 31.4 Å². The molecule has 0 bridgehead atoms. The van der Waals surface area contributed by atoms with Crippen LogP contribution in [0.1, 0.15) is 55.8 Å². The van der Waals surface area contributed by atoms with Crippen molar-refractivity contribution < 1.29 is 24.2 Å². The van der Waals surface area contributed by atoms with E-state index in [0.717, 1.165) is 11.1 Å². The van der Waals surface area contributed by atoms with Crippen LogP contribution in [0.25, 0.3) is 5.76 Å². The zero-order chi connectivity index (χ0) is 23.3. The maximum Gasteiger partial charge on any atom is 0.295 e. The summed E-state index contributed by atoms with van der Waals surface area (Å²) in [4.78, 5) is 27.5. The minimum Gasteiger partial charge on any atom is -0.507 e. The van der Waals surface area contributed by atoms with Crippen LogP contribution in [-0.2, 0) is 14.3 Å². The summed E-state index contributed by atoms with van der Waals surface area (Å²) in [5.74, 6) is -0.428. The second-order valence-corrected chi connectivity index (χ2v) is 8.12. The van der Waals surface area contributed by atoms with E-state index < -0.39 is 17.7 Å². The zero-order valence-corrected chi connectivity index (χ0v) is 19.1. The monoisotopic (exact) mass is 437 g/mol. The van der Waals surface area contributed by atoms with E-state index in [-0.39, 0.29) is 11.3 Å². The molecule has 1 aliphatic rings. The third-order valence-corrected chi connectivity index (χ3v) is 5.65. The first-order valence-corrected chi connectivity index (χ1v) is 11.0. The number of aliphatic hydroxyl groups is 1. The number of amides is 1. The molecule has 32 heavy (non-hydrogen) atoms. The number of aliphatic hydroxyl groups excluding tert-OH is 1. The Labute approximate surface area is 189 Å². The molecule has 0 aliphatic carbocycles. The molecule has 1 aliphatic heterocycles. The summed E-state index contributed by atoms with van der Waals surface area (Å²) in [7, 11) is 1.60. The Hall–Kier alpha value is -3.12. The molecule has 170 valence electrons. The number of benzene rings is 2. The van der Waals surface area contributed by atoms with Crippen LogP contribution >= 0.6 is 0 Å². The van der Waals surface area contributed by atoms with Crippen molar-refractivity contribution in [2.75, 3.05) is 26.9 Å². The Balaban J connectivity index is 2.06. The number of carbonyl (C=O) groups excluding carboxylic acids is 2. The number of hydrogen-bond acceptors (Lipinski definition) is 5. The van der Waals surface area contributed by atoms with Crippen molar-refractivity contribution in [1.29, 1.82) is 0 Å². The molecule has 0 unspecified atom stereocenters. The fourth-order valence-corrected chi connectivity index (χ4v) is 3.93. The first-order chi connectivity index (χ1) is 15.4. The fraction of sp³-hybridized carbons (Fsp3) is 0.385. The largest absolute Gasteiger partial charge is 0.507 e. The van der Waals surface area contributed by atoms with Gasteiger partial charge >= 0.3 is 0 Å². The first kappa shape index (κ1) is 23.5. The van der Waals surface area contributed by atoms with Gasteiger partial charge in [-0.25, -0.2) is 0 Å². The van der Waals surface area contributed by atoms with Gasteiger partial charge in [0.05, 0.1) is 18.2 Å². The smallest absolute Gasteiger partial charge is 0.295 e. The quantitative estimate of drug-likeness (QED) is 0.267. The second kappa shape index (κ2) is 10.5. The van der Waals surface area contributed by atoms with Crippen LogP contribution in [0.15, 0.2) is 54.1 Å². The molecule has 1 amide bonds. The average molecular weight is 438 g/mol. The molecule has 0 saturated carbocycles. The lowest BCUT2D eigenvalue weighted by atomic mass is 9.93. The standard InChI is InChI=1S/C26H31NO5/c1-5-32-21-13-11-20(12-14-21)24(28)22-23(19-9-7-18(8-10-19)17(2)3)27(15-6-16-31-4)26(30)25(22)29/h7-14,17,23,28H,5-6,15-16H2,1-4H3/t23-/m0/s1. The summed E-state index contributed by atoms with van der Waals surface area (Å²) in [6, 6.07) is 14.1. The summed E-state index contributed by atoms with van der Waals surface area (Å²) in [6.45, 7) is 7.47. The number of hydrogen-bond donors (Lipinski definition) is 1. The Morgan fingerprint density at radius 3 is 2.28 bits per heavy atom. The maximum absolute atomic E-state index is 13.0. The highest BCUT2D eigenvalue weighted by atomic mass is 16.5. The average Bonchev–Trinajstić information content (AvgIpc) is 3.04. The van der Waals surface area contributed by atoms with Crippen LogP contribution < -0.4 is 4.74 Å². The summed E-state index contributed by atoms with van der Waals surface area (Å²) in [6.07, 6.45) is 0.590. The SMILES string of the molecule is CCOc1ccc(C(O)=C2C(=O)C(=O)N(CCCOC)[C@H]2c2ccc(C(C)C)cc2)cc1. The van der Waals surface area contributed by atoms with Crippen molar-refractivity contribution in [2.24, 2.45) is 0 Å². The lowest BCUT2D eigenvalue weighted by molar-refractivity contribution is -0.140. The Bertz CT molecular complexity index is 976. The highest BCUT2D eigenvalue weighted by molar-refractivity contribution is 6.46. The van der Waals surface area contributed by atoms with E-state index in [0.29, 0.717) is 43.4 Å². The van der Waals surface area contributed by atoms with Gasteiger partial charge in [-0.15, -0.1) is 0 Å². The minimum atomic E-state index is -0.674. The number of nitrogens with zero attached hydrogens (tertiary/aromatic N) is 1. The lowest BCUT2D eigenvalue weighted by Crippen LogP contribution is -2.31. The van der Waals surface area contributed by atoms with Crippen molar-refractivity contribution in [3.05, 3.63) is 70.8 Å². The lowest BCUT2D eigenvalue weighted by Gasteiger charge is -2.25. The van der Waals surface area contributed by atoms with Crippen molar-refractivity contribution in [1.82, 2.24) is 4.90 Å².